The summed E-state index contributed by atoms with van der Waals surface area (Å²) in [7, 11) is 4.42. The topological polar surface area (TPSA) is 103 Å². The lowest BCUT2D eigenvalue weighted by Gasteiger charge is -2.15. The zero-order chi connectivity index (χ0) is 21.6. The lowest BCUT2D eigenvalue weighted by Crippen LogP contribution is -2.16. The van der Waals surface area contributed by atoms with Crippen LogP contribution in [0.5, 0.6) is 17.2 Å². The van der Waals surface area contributed by atoms with Gasteiger partial charge in [-0.25, -0.2) is 0 Å². The van der Waals surface area contributed by atoms with Gasteiger partial charge in [0.05, 0.1) is 27.8 Å². The second-order valence-electron chi connectivity index (χ2n) is 6.32. The highest BCUT2D eigenvalue weighted by atomic mass is 16.5. The van der Waals surface area contributed by atoms with Crippen LogP contribution < -0.4 is 24.8 Å². The van der Waals surface area contributed by atoms with Gasteiger partial charge in [0.15, 0.2) is 11.5 Å². The highest BCUT2D eigenvalue weighted by Crippen LogP contribution is 2.38. The van der Waals surface area contributed by atoms with Gasteiger partial charge >= 0.3 is 0 Å². The minimum absolute atomic E-state index is 0.207. The molecule has 0 heterocycles. The van der Waals surface area contributed by atoms with Crippen LogP contribution in [0.2, 0.25) is 0 Å². The third-order valence-electron chi connectivity index (χ3n) is 4.11. The van der Waals surface area contributed by atoms with Crippen LogP contribution in [0.1, 0.15) is 29.3 Å². The molecule has 0 fully saturated rings. The Morgan fingerprint density at radius 1 is 0.897 bits per heavy atom. The Balaban J connectivity index is 2.27. The number of benzene rings is 2. The number of anilines is 2. The molecule has 29 heavy (non-hydrogen) atoms. The number of hydrogen-bond donors (Lipinski definition) is 2. The smallest absolute Gasteiger partial charge is 0.255 e. The molecule has 0 unspecified atom stereocenters. The van der Waals surface area contributed by atoms with E-state index in [2.05, 4.69) is 10.6 Å². The molecule has 0 aliphatic rings. The first-order chi connectivity index (χ1) is 13.8. The van der Waals surface area contributed by atoms with Gasteiger partial charge in [0.25, 0.3) is 5.91 Å². The van der Waals surface area contributed by atoms with Gasteiger partial charge in [0.1, 0.15) is 5.78 Å². The van der Waals surface area contributed by atoms with Crippen molar-refractivity contribution in [2.24, 2.45) is 0 Å². The molecular formula is C21H24N2O6. The minimum Gasteiger partial charge on any atom is -0.493 e. The van der Waals surface area contributed by atoms with Gasteiger partial charge in [0.2, 0.25) is 11.7 Å². The Hall–Kier alpha value is -3.55. The van der Waals surface area contributed by atoms with E-state index >= 15 is 0 Å². The summed E-state index contributed by atoms with van der Waals surface area (Å²) in [5, 5.41) is 5.45. The molecule has 154 valence electrons. The summed E-state index contributed by atoms with van der Waals surface area (Å²) in [5.74, 6) is 0.0733. The molecule has 2 rings (SSSR count). The monoisotopic (exact) mass is 400 g/mol. The number of amides is 2. The fourth-order valence-corrected chi connectivity index (χ4v) is 2.67. The maximum absolute atomic E-state index is 12.8. The Bertz CT molecular complexity index is 914. The van der Waals surface area contributed by atoms with Gasteiger partial charge < -0.3 is 24.8 Å². The largest absolute Gasteiger partial charge is 0.493 e. The molecule has 2 amide bonds. The highest BCUT2D eigenvalue weighted by molar-refractivity contribution is 6.06. The number of aryl methyl sites for hydroxylation is 1. The van der Waals surface area contributed by atoms with Crippen molar-refractivity contribution >= 4 is 29.0 Å². The summed E-state index contributed by atoms with van der Waals surface area (Å²) >= 11 is 0. The average molecular weight is 400 g/mol. The van der Waals surface area contributed by atoms with Crippen molar-refractivity contribution in [3.8, 4) is 17.2 Å². The van der Waals surface area contributed by atoms with Crippen LogP contribution in [0.4, 0.5) is 11.4 Å². The van der Waals surface area contributed by atoms with Crippen molar-refractivity contribution < 1.29 is 28.6 Å². The summed E-state index contributed by atoms with van der Waals surface area (Å²) in [6.07, 6.45) is -0.207. The second-order valence-corrected chi connectivity index (χ2v) is 6.32. The normalized spacial score (nSPS) is 10.1. The van der Waals surface area contributed by atoms with Crippen LogP contribution in [-0.4, -0.2) is 38.9 Å². The third kappa shape index (κ3) is 5.47. The zero-order valence-electron chi connectivity index (χ0n) is 17.0. The van der Waals surface area contributed by atoms with Gasteiger partial charge in [-0.2, -0.15) is 0 Å². The van der Waals surface area contributed by atoms with E-state index in [0.717, 1.165) is 5.56 Å². The molecule has 0 radical (unpaired) electrons. The number of hydrogen-bond acceptors (Lipinski definition) is 6. The van der Waals surface area contributed by atoms with E-state index in [1.807, 2.05) is 6.92 Å². The number of carbonyl (C=O) groups excluding carboxylic acids is 3. The average Bonchev–Trinajstić information content (AvgIpc) is 2.68. The number of nitrogens with one attached hydrogen (secondary N) is 2. The van der Waals surface area contributed by atoms with Gasteiger partial charge in [-0.05, 0) is 43.7 Å². The van der Waals surface area contributed by atoms with Crippen LogP contribution in [0.3, 0.4) is 0 Å². The standard InChI is InChI=1S/C21H24N2O6/c1-12-6-7-15(22-19(25)8-13(2)24)11-16(12)23-21(26)14-9-17(27-3)20(29-5)18(10-14)28-4/h6-7,9-11H,8H2,1-5H3,(H,22,25)(H,23,26). The van der Waals surface area contributed by atoms with E-state index in [9.17, 15) is 14.4 Å². The molecule has 8 nitrogen and oxygen atoms in total. The predicted molar refractivity (Wildman–Crippen MR) is 109 cm³/mol. The maximum atomic E-state index is 12.8. The number of rotatable bonds is 8. The summed E-state index contributed by atoms with van der Waals surface area (Å²) in [6.45, 7) is 3.17. The lowest BCUT2D eigenvalue weighted by molar-refractivity contribution is -0.124. The lowest BCUT2D eigenvalue weighted by atomic mass is 10.1. The third-order valence-corrected chi connectivity index (χ3v) is 4.11. The fourth-order valence-electron chi connectivity index (χ4n) is 2.67. The first-order valence-corrected chi connectivity index (χ1v) is 8.80. The molecule has 0 aliphatic heterocycles. The zero-order valence-corrected chi connectivity index (χ0v) is 17.0. The molecule has 2 N–H and O–H groups in total. The Labute approximate surface area is 169 Å². The van der Waals surface area contributed by atoms with Crippen LogP contribution in [0.15, 0.2) is 30.3 Å². The Morgan fingerprint density at radius 2 is 1.52 bits per heavy atom. The number of methoxy groups -OCH3 is 3. The van der Waals surface area contributed by atoms with Crippen molar-refractivity contribution in [3.05, 3.63) is 41.5 Å². The summed E-state index contributed by atoms with van der Waals surface area (Å²) < 4.78 is 15.8. The summed E-state index contributed by atoms with van der Waals surface area (Å²) in [5.41, 5.74) is 2.10. The number of ketones is 1. The van der Waals surface area contributed by atoms with Crippen LogP contribution in [0.25, 0.3) is 0 Å². The van der Waals surface area contributed by atoms with Crippen molar-refractivity contribution in [2.45, 2.75) is 20.3 Å². The maximum Gasteiger partial charge on any atom is 0.255 e. The molecule has 0 bridgehead atoms. The molecule has 0 spiro atoms. The van der Waals surface area contributed by atoms with Crippen molar-refractivity contribution in [1.29, 1.82) is 0 Å². The summed E-state index contributed by atoms with van der Waals surface area (Å²) in [6, 6.07) is 8.18. The first kappa shape index (κ1) is 21.7. The van der Waals surface area contributed by atoms with Crippen molar-refractivity contribution in [2.75, 3.05) is 32.0 Å². The van der Waals surface area contributed by atoms with Crippen LogP contribution in [-0.2, 0) is 9.59 Å². The molecule has 2 aromatic rings. The molecule has 8 heteroatoms. The molecule has 0 aliphatic carbocycles. The van der Waals surface area contributed by atoms with E-state index in [1.165, 1.54) is 28.3 Å². The van der Waals surface area contributed by atoms with Crippen LogP contribution >= 0.6 is 0 Å². The number of ether oxygens (including phenoxy) is 3. The predicted octanol–water partition coefficient (Wildman–Crippen LogP) is 3.19. The van der Waals surface area contributed by atoms with Crippen molar-refractivity contribution in [3.63, 3.8) is 0 Å². The first-order valence-electron chi connectivity index (χ1n) is 8.80. The Morgan fingerprint density at radius 3 is 2.03 bits per heavy atom. The molecule has 0 atom stereocenters. The van der Waals surface area contributed by atoms with E-state index < -0.39 is 5.91 Å². The highest BCUT2D eigenvalue weighted by Gasteiger charge is 2.18. The summed E-state index contributed by atoms with van der Waals surface area (Å²) in [4.78, 5) is 35.7. The molecule has 0 aromatic heterocycles. The van der Waals surface area contributed by atoms with Gasteiger partial charge in [0, 0.05) is 16.9 Å². The van der Waals surface area contributed by atoms with E-state index in [-0.39, 0.29) is 18.1 Å². The molecular weight excluding hydrogens is 376 g/mol. The molecule has 0 saturated heterocycles. The van der Waals surface area contributed by atoms with Crippen molar-refractivity contribution in [1.82, 2.24) is 0 Å². The number of Topliss-reactive ketones (excluding diaryl/α,β-unsaturated/α-hetero) is 1. The van der Waals surface area contributed by atoms with Gasteiger partial charge in [-0.3, -0.25) is 14.4 Å². The van der Waals surface area contributed by atoms with Crippen LogP contribution in [0, 0.1) is 6.92 Å². The second kappa shape index (κ2) is 9.59. The number of carbonyl (C=O) groups is 3. The Kier molecular flexibility index (Phi) is 7.19. The van der Waals surface area contributed by atoms with E-state index in [4.69, 9.17) is 14.2 Å². The SMILES string of the molecule is COc1cc(C(=O)Nc2cc(NC(=O)CC(C)=O)ccc2C)cc(OC)c1OC. The van der Waals surface area contributed by atoms with E-state index in [0.29, 0.717) is 34.2 Å². The fraction of sp³-hybridized carbons (Fsp3) is 0.286. The van der Waals surface area contributed by atoms with Gasteiger partial charge in [-0.15, -0.1) is 0 Å². The quantitative estimate of drug-likeness (QED) is 0.660. The minimum atomic E-state index is -0.414. The molecule has 2 aromatic carbocycles. The molecule has 0 saturated carbocycles. The van der Waals surface area contributed by atoms with E-state index in [1.54, 1.807) is 30.3 Å². The van der Waals surface area contributed by atoms with Gasteiger partial charge in [-0.1, -0.05) is 6.07 Å².